The zero-order valence-corrected chi connectivity index (χ0v) is 17.0. The Morgan fingerprint density at radius 2 is 2.04 bits per heavy atom. The van der Waals surface area contributed by atoms with Gasteiger partial charge < -0.3 is 5.32 Å². The van der Waals surface area contributed by atoms with E-state index in [-0.39, 0.29) is 11.9 Å². The van der Waals surface area contributed by atoms with Gasteiger partial charge in [0.15, 0.2) is 0 Å². The minimum atomic E-state index is 0.0131. The number of hydrogen-bond acceptors (Lipinski definition) is 3. The molecule has 1 amide bonds. The largest absolute Gasteiger partial charge is 0.349 e. The highest BCUT2D eigenvalue weighted by atomic mass is 16.1. The molecule has 1 aliphatic rings. The van der Waals surface area contributed by atoms with Gasteiger partial charge in [-0.05, 0) is 45.6 Å². The summed E-state index contributed by atoms with van der Waals surface area (Å²) >= 11 is 0. The summed E-state index contributed by atoms with van der Waals surface area (Å²) in [6, 6.07) is 9.27. The fourth-order valence-electron chi connectivity index (χ4n) is 3.83. The molecule has 0 bridgehead atoms. The van der Waals surface area contributed by atoms with Gasteiger partial charge in [-0.1, -0.05) is 36.8 Å². The van der Waals surface area contributed by atoms with Gasteiger partial charge in [-0.3, -0.25) is 14.4 Å². The molecular formula is C22H32N4O. The molecular weight excluding hydrogens is 336 g/mol. The molecule has 3 rings (SSSR count). The smallest absolute Gasteiger partial charge is 0.254 e. The number of benzene rings is 1. The minimum absolute atomic E-state index is 0.0131. The van der Waals surface area contributed by atoms with Gasteiger partial charge in [-0.25, -0.2) is 0 Å². The Morgan fingerprint density at radius 3 is 2.70 bits per heavy atom. The van der Waals surface area contributed by atoms with E-state index in [4.69, 9.17) is 0 Å². The lowest BCUT2D eigenvalue weighted by atomic mass is 10.0. The van der Waals surface area contributed by atoms with Crippen LogP contribution in [0.3, 0.4) is 0 Å². The first-order valence-corrected chi connectivity index (χ1v) is 10.1. The van der Waals surface area contributed by atoms with E-state index in [9.17, 15) is 4.79 Å². The number of piperidine rings is 1. The molecule has 1 aromatic heterocycles. The predicted octanol–water partition coefficient (Wildman–Crippen LogP) is 3.87. The molecule has 2 aromatic rings. The van der Waals surface area contributed by atoms with Crippen LogP contribution < -0.4 is 5.32 Å². The lowest BCUT2D eigenvalue weighted by Crippen LogP contribution is -2.44. The average molecular weight is 369 g/mol. The van der Waals surface area contributed by atoms with Gasteiger partial charge in [0.1, 0.15) is 0 Å². The quantitative estimate of drug-likeness (QED) is 0.842. The van der Waals surface area contributed by atoms with Crippen LogP contribution in [-0.2, 0) is 6.54 Å². The Labute approximate surface area is 162 Å². The Kier molecular flexibility index (Phi) is 6.32. The topological polar surface area (TPSA) is 50.2 Å². The molecule has 1 unspecified atom stereocenters. The fourth-order valence-corrected chi connectivity index (χ4v) is 3.83. The third-order valence-electron chi connectivity index (χ3n) is 5.71. The zero-order chi connectivity index (χ0) is 19.4. The summed E-state index contributed by atoms with van der Waals surface area (Å²) in [6.07, 6.45) is 4.71. The number of nitrogens with one attached hydrogen (secondary N) is 1. The second kappa shape index (κ2) is 8.70. The fraction of sp³-hybridized carbons (Fsp3) is 0.545. The van der Waals surface area contributed by atoms with Crippen molar-refractivity contribution >= 4 is 5.91 Å². The molecule has 1 N–H and O–H groups in total. The van der Waals surface area contributed by atoms with Gasteiger partial charge >= 0.3 is 0 Å². The first-order valence-electron chi connectivity index (χ1n) is 10.1. The monoisotopic (exact) mass is 368 g/mol. The second-order valence-electron chi connectivity index (χ2n) is 7.86. The molecule has 1 saturated heterocycles. The molecule has 0 radical (unpaired) electrons. The molecule has 1 fully saturated rings. The Balaban J connectivity index is 1.52. The third-order valence-corrected chi connectivity index (χ3v) is 5.71. The van der Waals surface area contributed by atoms with Crippen LogP contribution in [0.1, 0.15) is 66.3 Å². The van der Waals surface area contributed by atoms with Gasteiger partial charge in [0, 0.05) is 37.4 Å². The number of aromatic nitrogens is 2. The lowest BCUT2D eigenvalue weighted by molar-refractivity contribution is 0.0908. The minimum Gasteiger partial charge on any atom is -0.349 e. The molecule has 0 aliphatic carbocycles. The molecule has 0 saturated carbocycles. The molecule has 27 heavy (non-hydrogen) atoms. The molecule has 5 nitrogen and oxygen atoms in total. The highest BCUT2D eigenvalue weighted by Gasteiger charge is 2.23. The molecule has 1 aromatic carbocycles. The van der Waals surface area contributed by atoms with Gasteiger partial charge in [-0.2, -0.15) is 5.10 Å². The number of hydrogen-bond donors (Lipinski definition) is 1. The van der Waals surface area contributed by atoms with E-state index in [0.717, 1.165) is 44.6 Å². The van der Waals surface area contributed by atoms with Crippen molar-refractivity contribution in [2.24, 2.45) is 0 Å². The normalized spacial score (nSPS) is 17.0. The van der Waals surface area contributed by atoms with Crippen molar-refractivity contribution in [3.8, 4) is 0 Å². The van der Waals surface area contributed by atoms with E-state index >= 15 is 0 Å². The van der Waals surface area contributed by atoms with Crippen molar-refractivity contribution in [3.05, 3.63) is 52.8 Å². The van der Waals surface area contributed by atoms with Gasteiger partial charge in [0.05, 0.1) is 11.8 Å². The van der Waals surface area contributed by atoms with Crippen LogP contribution in [0.2, 0.25) is 0 Å². The van der Waals surface area contributed by atoms with E-state index in [0.29, 0.717) is 11.6 Å². The standard InChI is InChI=1S/C22H32N4O/c1-5-17(3)26-18(4)21(14-23-26)22(27)24-20-9-11-25(12-10-20)15-19-8-6-7-16(2)13-19/h6-8,13-14,17,20H,5,9-12,15H2,1-4H3,(H,24,27). The number of rotatable bonds is 6. The van der Waals surface area contributed by atoms with E-state index < -0.39 is 0 Å². The van der Waals surface area contributed by atoms with Crippen molar-refractivity contribution in [3.63, 3.8) is 0 Å². The first-order chi connectivity index (χ1) is 13.0. The summed E-state index contributed by atoms with van der Waals surface area (Å²) in [5, 5.41) is 7.64. The van der Waals surface area contributed by atoms with Crippen molar-refractivity contribution in [1.82, 2.24) is 20.0 Å². The van der Waals surface area contributed by atoms with Crippen LogP contribution in [0.5, 0.6) is 0 Å². The predicted molar refractivity (Wildman–Crippen MR) is 109 cm³/mol. The highest BCUT2D eigenvalue weighted by Crippen LogP contribution is 2.18. The van der Waals surface area contributed by atoms with Crippen molar-refractivity contribution in [2.45, 2.75) is 65.6 Å². The number of carbonyl (C=O) groups is 1. The van der Waals surface area contributed by atoms with Crippen molar-refractivity contribution < 1.29 is 4.79 Å². The Bertz CT molecular complexity index is 774. The summed E-state index contributed by atoms with van der Waals surface area (Å²) in [5.74, 6) is 0.0131. The molecule has 146 valence electrons. The van der Waals surface area contributed by atoms with Gasteiger partial charge in [-0.15, -0.1) is 0 Å². The third kappa shape index (κ3) is 4.78. The lowest BCUT2D eigenvalue weighted by Gasteiger charge is -2.32. The Morgan fingerprint density at radius 1 is 1.30 bits per heavy atom. The first kappa shape index (κ1) is 19.6. The van der Waals surface area contributed by atoms with Crippen LogP contribution in [0, 0.1) is 13.8 Å². The van der Waals surface area contributed by atoms with Gasteiger partial charge in [0.2, 0.25) is 0 Å². The summed E-state index contributed by atoms with van der Waals surface area (Å²) in [4.78, 5) is 15.2. The molecule has 5 heteroatoms. The number of aryl methyl sites for hydroxylation is 1. The maximum absolute atomic E-state index is 12.7. The SMILES string of the molecule is CCC(C)n1ncc(C(=O)NC2CCN(Cc3cccc(C)c3)CC2)c1C. The van der Waals surface area contributed by atoms with E-state index in [1.54, 1.807) is 6.20 Å². The van der Waals surface area contributed by atoms with Crippen LogP contribution in [0.4, 0.5) is 0 Å². The van der Waals surface area contributed by atoms with Gasteiger partial charge in [0.25, 0.3) is 5.91 Å². The molecule has 0 spiro atoms. The van der Waals surface area contributed by atoms with Crippen molar-refractivity contribution in [1.29, 1.82) is 0 Å². The summed E-state index contributed by atoms with van der Waals surface area (Å²) in [6.45, 7) is 11.4. The van der Waals surface area contributed by atoms with Crippen LogP contribution in [0.25, 0.3) is 0 Å². The number of carbonyl (C=O) groups excluding carboxylic acids is 1. The van der Waals surface area contributed by atoms with Crippen LogP contribution >= 0.6 is 0 Å². The average Bonchev–Trinajstić information content (AvgIpc) is 3.04. The Hall–Kier alpha value is -2.14. The van der Waals surface area contributed by atoms with Crippen molar-refractivity contribution in [2.75, 3.05) is 13.1 Å². The van der Waals surface area contributed by atoms with E-state index in [1.807, 2.05) is 11.6 Å². The summed E-state index contributed by atoms with van der Waals surface area (Å²) < 4.78 is 1.96. The number of likely N-dealkylation sites (tertiary alicyclic amines) is 1. The zero-order valence-electron chi connectivity index (χ0n) is 17.0. The summed E-state index contributed by atoms with van der Waals surface area (Å²) in [7, 11) is 0. The second-order valence-corrected chi connectivity index (χ2v) is 7.86. The molecule has 2 heterocycles. The summed E-state index contributed by atoms with van der Waals surface area (Å²) in [5.41, 5.74) is 4.34. The number of amides is 1. The highest BCUT2D eigenvalue weighted by molar-refractivity contribution is 5.95. The molecule has 1 aliphatic heterocycles. The maximum Gasteiger partial charge on any atom is 0.254 e. The molecule has 1 atom stereocenters. The van der Waals surface area contributed by atoms with Crippen LogP contribution in [-0.4, -0.2) is 39.7 Å². The maximum atomic E-state index is 12.7. The van der Waals surface area contributed by atoms with E-state index in [2.05, 4.69) is 60.4 Å². The number of nitrogens with zero attached hydrogens (tertiary/aromatic N) is 3. The van der Waals surface area contributed by atoms with E-state index in [1.165, 1.54) is 11.1 Å². The van der Waals surface area contributed by atoms with Crippen LogP contribution in [0.15, 0.2) is 30.5 Å².